The molecular formula is C14H20N4O2. The Morgan fingerprint density at radius 3 is 2.75 bits per heavy atom. The summed E-state index contributed by atoms with van der Waals surface area (Å²) in [6.07, 6.45) is 3.30. The Labute approximate surface area is 118 Å². The molecule has 0 saturated carbocycles. The predicted octanol–water partition coefficient (Wildman–Crippen LogP) is 0.397. The van der Waals surface area contributed by atoms with E-state index >= 15 is 0 Å². The number of hydrogen-bond acceptors (Lipinski definition) is 3. The van der Waals surface area contributed by atoms with Crippen LogP contribution in [-0.2, 0) is 16.6 Å². The number of nitrogens with zero attached hydrogens (tertiary/aromatic N) is 3. The Bertz CT molecular complexity index is 574. The Hall–Kier alpha value is -2.11. The third-order valence-corrected chi connectivity index (χ3v) is 3.74. The molecule has 6 nitrogen and oxygen atoms in total. The summed E-state index contributed by atoms with van der Waals surface area (Å²) >= 11 is 0. The summed E-state index contributed by atoms with van der Waals surface area (Å²) in [4.78, 5) is 25.3. The van der Waals surface area contributed by atoms with Gasteiger partial charge in [0.25, 0.3) is 0 Å². The maximum atomic E-state index is 12.2. The first kappa shape index (κ1) is 14.3. The largest absolute Gasteiger partial charge is 0.353 e. The van der Waals surface area contributed by atoms with Crippen LogP contribution >= 0.6 is 0 Å². The normalized spacial score (nSPS) is 19.5. The number of rotatable bonds is 2. The van der Waals surface area contributed by atoms with E-state index in [4.69, 9.17) is 0 Å². The zero-order valence-corrected chi connectivity index (χ0v) is 12.3. The average Bonchev–Trinajstić information content (AvgIpc) is 2.64. The van der Waals surface area contributed by atoms with Gasteiger partial charge in [-0.25, -0.2) is 0 Å². The summed E-state index contributed by atoms with van der Waals surface area (Å²) in [5.41, 5.74) is 2.85. The van der Waals surface area contributed by atoms with Crippen LogP contribution in [0.4, 0.5) is 0 Å². The van der Waals surface area contributed by atoms with Crippen molar-refractivity contribution in [3.8, 4) is 0 Å². The first-order valence-electron chi connectivity index (χ1n) is 6.68. The van der Waals surface area contributed by atoms with Crippen LogP contribution in [0.5, 0.6) is 0 Å². The van der Waals surface area contributed by atoms with Gasteiger partial charge in [-0.3, -0.25) is 14.3 Å². The van der Waals surface area contributed by atoms with Crippen LogP contribution in [0.2, 0.25) is 0 Å². The highest BCUT2D eigenvalue weighted by atomic mass is 16.2. The fourth-order valence-corrected chi connectivity index (χ4v) is 2.37. The van der Waals surface area contributed by atoms with E-state index in [-0.39, 0.29) is 11.8 Å². The highest BCUT2D eigenvalue weighted by molar-refractivity contribution is 5.96. The van der Waals surface area contributed by atoms with Gasteiger partial charge < -0.3 is 10.2 Å². The summed E-state index contributed by atoms with van der Waals surface area (Å²) in [5.74, 6) is -0.248. The van der Waals surface area contributed by atoms with Gasteiger partial charge >= 0.3 is 0 Å². The van der Waals surface area contributed by atoms with Crippen LogP contribution in [0.1, 0.15) is 23.9 Å². The van der Waals surface area contributed by atoms with Gasteiger partial charge in [-0.1, -0.05) is 0 Å². The summed E-state index contributed by atoms with van der Waals surface area (Å²) in [6.45, 7) is 6.66. The number of carbonyl (C=O) groups is 2. The second-order valence-corrected chi connectivity index (χ2v) is 5.04. The molecule has 0 aromatic carbocycles. The molecule has 2 amide bonds. The molecule has 6 heteroatoms. The second kappa shape index (κ2) is 5.48. The molecule has 0 spiro atoms. The standard InChI is InChI=1S/C14H20N4O2/c1-9-12(10(2)17(4)16-9)5-6-13(19)18-8-7-15-14(20)11(18)3/h5-6,11H,7-8H2,1-4H3,(H,15,20). The lowest BCUT2D eigenvalue weighted by Gasteiger charge is -2.31. The SMILES string of the molecule is Cc1nn(C)c(C)c1C=CC(=O)N1CCNC(=O)C1C. The number of carbonyl (C=O) groups excluding carboxylic acids is 2. The van der Waals surface area contributed by atoms with Gasteiger partial charge in [-0.05, 0) is 26.8 Å². The molecule has 1 saturated heterocycles. The van der Waals surface area contributed by atoms with E-state index < -0.39 is 6.04 Å². The lowest BCUT2D eigenvalue weighted by atomic mass is 10.1. The van der Waals surface area contributed by atoms with Crippen LogP contribution in [0.3, 0.4) is 0 Å². The number of hydrogen-bond donors (Lipinski definition) is 1. The molecule has 108 valence electrons. The van der Waals surface area contributed by atoms with E-state index in [1.807, 2.05) is 20.9 Å². The Kier molecular flexibility index (Phi) is 3.92. The van der Waals surface area contributed by atoms with Crippen LogP contribution in [-0.4, -0.2) is 45.6 Å². The lowest BCUT2D eigenvalue weighted by molar-refractivity contribution is -0.139. The van der Waals surface area contributed by atoms with Crippen molar-refractivity contribution >= 4 is 17.9 Å². The van der Waals surface area contributed by atoms with Crippen LogP contribution in [0, 0.1) is 13.8 Å². The zero-order chi connectivity index (χ0) is 14.9. The van der Waals surface area contributed by atoms with Gasteiger partial charge in [-0.2, -0.15) is 5.10 Å². The van der Waals surface area contributed by atoms with Gasteiger partial charge in [0.15, 0.2) is 0 Å². The topological polar surface area (TPSA) is 67.2 Å². The maximum Gasteiger partial charge on any atom is 0.247 e. The highest BCUT2D eigenvalue weighted by Gasteiger charge is 2.27. The number of piperazine rings is 1. The monoisotopic (exact) mass is 276 g/mol. The maximum absolute atomic E-state index is 12.2. The Morgan fingerprint density at radius 1 is 1.45 bits per heavy atom. The fraction of sp³-hybridized carbons (Fsp3) is 0.500. The number of amides is 2. The van der Waals surface area contributed by atoms with E-state index in [9.17, 15) is 9.59 Å². The summed E-state index contributed by atoms with van der Waals surface area (Å²) < 4.78 is 1.79. The first-order valence-corrected chi connectivity index (χ1v) is 6.68. The van der Waals surface area contributed by atoms with Crippen LogP contribution < -0.4 is 5.32 Å². The van der Waals surface area contributed by atoms with Crippen molar-refractivity contribution in [3.05, 3.63) is 23.0 Å². The van der Waals surface area contributed by atoms with Crippen molar-refractivity contribution in [2.75, 3.05) is 13.1 Å². The minimum absolute atomic E-state index is 0.105. The van der Waals surface area contributed by atoms with Gasteiger partial charge in [0.1, 0.15) is 6.04 Å². The van der Waals surface area contributed by atoms with E-state index in [0.29, 0.717) is 13.1 Å². The van der Waals surface area contributed by atoms with Crippen molar-refractivity contribution in [1.29, 1.82) is 0 Å². The molecule has 1 aromatic rings. The minimum atomic E-state index is -0.419. The molecule has 0 bridgehead atoms. The molecule has 1 aromatic heterocycles. The zero-order valence-electron chi connectivity index (χ0n) is 12.3. The molecule has 1 unspecified atom stereocenters. The lowest BCUT2D eigenvalue weighted by Crippen LogP contribution is -2.55. The molecule has 0 aliphatic carbocycles. The average molecular weight is 276 g/mol. The van der Waals surface area contributed by atoms with Gasteiger partial charge in [0, 0.05) is 37.5 Å². The van der Waals surface area contributed by atoms with E-state index in [1.54, 1.807) is 22.6 Å². The third kappa shape index (κ3) is 2.59. The number of nitrogens with one attached hydrogen (secondary N) is 1. The highest BCUT2D eigenvalue weighted by Crippen LogP contribution is 2.14. The van der Waals surface area contributed by atoms with Crippen molar-refractivity contribution in [2.24, 2.45) is 7.05 Å². The molecule has 1 aliphatic heterocycles. The number of aryl methyl sites for hydroxylation is 2. The second-order valence-electron chi connectivity index (χ2n) is 5.04. The minimum Gasteiger partial charge on any atom is -0.353 e. The van der Waals surface area contributed by atoms with Crippen molar-refractivity contribution in [1.82, 2.24) is 20.0 Å². The molecule has 2 rings (SSSR count). The predicted molar refractivity (Wildman–Crippen MR) is 75.9 cm³/mol. The molecule has 1 atom stereocenters. The third-order valence-electron chi connectivity index (χ3n) is 3.74. The van der Waals surface area contributed by atoms with Crippen LogP contribution in [0.15, 0.2) is 6.08 Å². The molecule has 1 aliphatic rings. The molecule has 1 fully saturated rings. The fourth-order valence-electron chi connectivity index (χ4n) is 2.37. The Morgan fingerprint density at radius 2 is 2.15 bits per heavy atom. The van der Waals surface area contributed by atoms with Crippen LogP contribution in [0.25, 0.3) is 6.08 Å². The van der Waals surface area contributed by atoms with E-state index in [1.165, 1.54) is 6.08 Å². The molecule has 1 N–H and O–H groups in total. The summed E-state index contributed by atoms with van der Waals surface area (Å²) in [5, 5.41) is 7.05. The van der Waals surface area contributed by atoms with E-state index in [0.717, 1.165) is 17.0 Å². The summed E-state index contributed by atoms with van der Waals surface area (Å²) in [7, 11) is 1.87. The van der Waals surface area contributed by atoms with E-state index in [2.05, 4.69) is 10.4 Å². The Balaban J connectivity index is 2.15. The van der Waals surface area contributed by atoms with Crippen molar-refractivity contribution in [2.45, 2.75) is 26.8 Å². The van der Waals surface area contributed by atoms with Crippen molar-refractivity contribution in [3.63, 3.8) is 0 Å². The summed E-state index contributed by atoms with van der Waals surface area (Å²) in [6, 6.07) is -0.419. The molecule has 0 radical (unpaired) electrons. The number of aromatic nitrogens is 2. The molecular weight excluding hydrogens is 256 g/mol. The quantitative estimate of drug-likeness (QED) is 0.795. The molecule has 2 heterocycles. The van der Waals surface area contributed by atoms with Gasteiger partial charge in [0.2, 0.25) is 11.8 Å². The van der Waals surface area contributed by atoms with Gasteiger partial charge in [0.05, 0.1) is 5.69 Å². The first-order chi connectivity index (χ1) is 9.41. The molecule has 20 heavy (non-hydrogen) atoms. The van der Waals surface area contributed by atoms with Crippen molar-refractivity contribution < 1.29 is 9.59 Å². The smallest absolute Gasteiger partial charge is 0.247 e. The van der Waals surface area contributed by atoms with Gasteiger partial charge in [-0.15, -0.1) is 0 Å².